The quantitative estimate of drug-likeness (QED) is 0.848. The van der Waals surface area contributed by atoms with Crippen LogP contribution in [0.5, 0.6) is 11.5 Å². The van der Waals surface area contributed by atoms with Crippen molar-refractivity contribution in [3.05, 3.63) is 48.0 Å². The van der Waals surface area contributed by atoms with Crippen LogP contribution < -0.4 is 19.1 Å². The lowest BCUT2D eigenvalue weighted by atomic mass is 10.2. The number of nitrogens with zero attached hydrogens (tertiary/aromatic N) is 1. The summed E-state index contributed by atoms with van der Waals surface area (Å²) in [5, 5.41) is 2.78. The Balaban J connectivity index is 1.90. The normalized spacial score (nSPS) is 16.3. The van der Waals surface area contributed by atoms with Gasteiger partial charge in [0, 0.05) is 0 Å². The number of amides is 1. The summed E-state index contributed by atoms with van der Waals surface area (Å²) in [4.78, 5) is 12.8. The number of sulfonamides is 1. The molecule has 2 aromatic rings. The molecule has 1 heterocycles. The van der Waals surface area contributed by atoms with E-state index in [0.717, 1.165) is 5.56 Å². The molecule has 7 nitrogen and oxygen atoms in total. The van der Waals surface area contributed by atoms with Crippen LogP contribution in [-0.4, -0.2) is 39.8 Å². The first-order valence-electron chi connectivity index (χ1n) is 8.57. The predicted octanol–water partition coefficient (Wildman–Crippen LogP) is 2.56. The molecular formula is C19H22N2O5S. The highest BCUT2D eigenvalue weighted by Crippen LogP contribution is 2.35. The molecule has 1 unspecified atom stereocenters. The van der Waals surface area contributed by atoms with Gasteiger partial charge in [0.05, 0.1) is 30.8 Å². The molecule has 0 radical (unpaired) electrons. The molecule has 1 aliphatic heterocycles. The fraction of sp³-hybridized carbons (Fsp3) is 0.316. The molecule has 1 N–H and O–H groups in total. The maximum absolute atomic E-state index is 12.8. The van der Waals surface area contributed by atoms with Gasteiger partial charge < -0.3 is 14.8 Å². The van der Waals surface area contributed by atoms with Gasteiger partial charge >= 0.3 is 0 Å². The number of para-hydroxylation sites is 2. The average molecular weight is 390 g/mol. The lowest BCUT2D eigenvalue weighted by molar-refractivity contribution is -0.122. The standard InChI is InChI=1S/C19H22N2O5S/c1-4-27(23,24)21-12-18(26-17-8-6-5-7-15(17)21)19(22)20-14-11-13(2)9-10-16(14)25-3/h5-11,18H,4,12H2,1-3H3,(H,20,22). The van der Waals surface area contributed by atoms with Gasteiger partial charge in [-0.15, -0.1) is 0 Å². The molecule has 2 aromatic carbocycles. The van der Waals surface area contributed by atoms with Crippen molar-refractivity contribution in [2.45, 2.75) is 20.0 Å². The number of hydrogen-bond acceptors (Lipinski definition) is 5. The van der Waals surface area contributed by atoms with Gasteiger partial charge in [-0.2, -0.15) is 0 Å². The van der Waals surface area contributed by atoms with Crippen LogP contribution >= 0.6 is 0 Å². The zero-order chi connectivity index (χ0) is 19.6. The van der Waals surface area contributed by atoms with E-state index in [0.29, 0.717) is 22.9 Å². The van der Waals surface area contributed by atoms with E-state index in [4.69, 9.17) is 9.47 Å². The number of benzene rings is 2. The largest absolute Gasteiger partial charge is 0.495 e. The maximum atomic E-state index is 12.8. The van der Waals surface area contributed by atoms with Gasteiger partial charge in [-0.1, -0.05) is 18.2 Å². The summed E-state index contributed by atoms with van der Waals surface area (Å²) in [6.07, 6.45) is -0.980. The SMILES string of the molecule is CCS(=O)(=O)N1CC(C(=O)Nc2cc(C)ccc2OC)Oc2ccccc21. The van der Waals surface area contributed by atoms with Crippen molar-refractivity contribution in [2.24, 2.45) is 0 Å². The summed E-state index contributed by atoms with van der Waals surface area (Å²) in [6, 6.07) is 12.2. The van der Waals surface area contributed by atoms with E-state index >= 15 is 0 Å². The molecule has 0 bridgehead atoms. The lowest BCUT2D eigenvalue weighted by Gasteiger charge is -2.34. The van der Waals surface area contributed by atoms with Crippen molar-refractivity contribution < 1.29 is 22.7 Å². The Morgan fingerprint density at radius 1 is 1.30 bits per heavy atom. The number of anilines is 2. The van der Waals surface area contributed by atoms with E-state index in [-0.39, 0.29) is 12.3 Å². The number of aryl methyl sites for hydroxylation is 1. The Kier molecular flexibility index (Phi) is 5.27. The van der Waals surface area contributed by atoms with Gasteiger partial charge in [0.15, 0.2) is 6.10 Å². The minimum Gasteiger partial charge on any atom is -0.495 e. The van der Waals surface area contributed by atoms with E-state index in [9.17, 15) is 13.2 Å². The number of carbonyl (C=O) groups excluding carboxylic acids is 1. The summed E-state index contributed by atoms with van der Waals surface area (Å²) < 4.78 is 37.3. The fourth-order valence-electron chi connectivity index (χ4n) is 2.89. The molecule has 1 amide bonds. The Bertz CT molecular complexity index is 958. The zero-order valence-electron chi connectivity index (χ0n) is 15.4. The van der Waals surface area contributed by atoms with Crippen LogP contribution in [0.2, 0.25) is 0 Å². The molecule has 0 aromatic heterocycles. The molecule has 0 saturated carbocycles. The molecule has 144 valence electrons. The second kappa shape index (κ2) is 7.48. The summed E-state index contributed by atoms with van der Waals surface area (Å²) >= 11 is 0. The summed E-state index contributed by atoms with van der Waals surface area (Å²) in [5.41, 5.74) is 1.91. The molecule has 0 fully saturated rings. The number of carbonyl (C=O) groups is 1. The number of hydrogen-bond donors (Lipinski definition) is 1. The topological polar surface area (TPSA) is 84.9 Å². The first-order valence-corrected chi connectivity index (χ1v) is 10.2. The fourth-order valence-corrected chi connectivity index (χ4v) is 4.02. The Morgan fingerprint density at radius 3 is 2.74 bits per heavy atom. The van der Waals surface area contributed by atoms with Crippen molar-refractivity contribution in [3.63, 3.8) is 0 Å². The zero-order valence-corrected chi connectivity index (χ0v) is 16.2. The number of nitrogens with one attached hydrogen (secondary N) is 1. The summed E-state index contributed by atoms with van der Waals surface area (Å²) in [6.45, 7) is 3.38. The third-order valence-corrected chi connectivity index (χ3v) is 6.09. The highest BCUT2D eigenvalue weighted by Gasteiger charge is 2.36. The van der Waals surface area contributed by atoms with Gasteiger partial charge in [-0.25, -0.2) is 8.42 Å². The van der Waals surface area contributed by atoms with E-state index in [1.54, 1.807) is 43.3 Å². The first kappa shape index (κ1) is 19.0. The smallest absolute Gasteiger partial charge is 0.267 e. The van der Waals surface area contributed by atoms with E-state index < -0.39 is 22.0 Å². The van der Waals surface area contributed by atoms with Crippen LogP contribution in [-0.2, 0) is 14.8 Å². The highest BCUT2D eigenvalue weighted by molar-refractivity contribution is 7.92. The predicted molar refractivity (Wildman–Crippen MR) is 104 cm³/mol. The monoisotopic (exact) mass is 390 g/mol. The number of methoxy groups -OCH3 is 1. The third-order valence-electron chi connectivity index (χ3n) is 4.34. The van der Waals surface area contributed by atoms with Gasteiger partial charge in [0.1, 0.15) is 11.5 Å². The Labute approximate surface area is 158 Å². The van der Waals surface area contributed by atoms with Crippen molar-refractivity contribution >= 4 is 27.3 Å². The molecule has 8 heteroatoms. The third kappa shape index (κ3) is 3.85. The van der Waals surface area contributed by atoms with Crippen LogP contribution in [0, 0.1) is 6.92 Å². The molecular weight excluding hydrogens is 368 g/mol. The lowest BCUT2D eigenvalue weighted by Crippen LogP contribution is -2.49. The minimum absolute atomic E-state index is 0.0681. The van der Waals surface area contributed by atoms with Gasteiger partial charge in [-0.3, -0.25) is 9.10 Å². The van der Waals surface area contributed by atoms with E-state index in [1.807, 2.05) is 13.0 Å². The van der Waals surface area contributed by atoms with Crippen LogP contribution in [0.4, 0.5) is 11.4 Å². The Morgan fingerprint density at radius 2 is 2.04 bits per heavy atom. The molecule has 0 aliphatic carbocycles. The van der Waals surface area contributed by atoms with Crippen molar-refractivity contribution in [2.75, 3.05) is 29.0 Å². The van der Waals surface area contributed by atoms with Crippen LogP contribution in [0.25, 0.3) is 0 Å². The molecule has 0 spiro atoms. The van der Waals surface area contributed by atoms with Crippen LogP contribution in [0.15, 0.2) is 42.5 Å². The van der Waals surface area contributed by atoms with Gasteiger partial charge in [0.2, 0.25) is 10.0 Å². The maximum Gasteiger partial charge on any atom is 0.267 e. The average Bonchev–Trinajstić information content (AvgIpc) is 2.67. The number of fused-ring (bicyclic) bond motifs is 1. The first-order chi connectivity index (χ1) is 12.9. The number of ether oxygens (including phenoxy) is 2. The molecule has 27 heavy (non-hydrogen) atoms. The van der Waals surface area contributed by atoms with E-state index in [1.165, 1.54) is 11.4 Å². The molecule has 1 atom stereocenters. The number of rotatable bonds is 5. The summed E-state index contributed by atoms with van der Waals surface area (Å²) in [7, 11) is -2.03. The van der Waals surface area contributed by atoms with Gasteiger partial charge in [-0.05, 0) is 43.7 Å². The van der Waals surface area contributed by atoms with Crippen LogP contribution in [0.3, 0.4) is 0 Å². The van der Waals surface area contributed by atoms with Crippen molar-refractivity contribution in [1.82, 2.24) is 0 Å². The van der Waals surface area contributed by atoms with Crippen LogP contribution in [0.1, 0.15) is 12.5 Å². The highest BCUT2D eigenvalue weighted by atomic mass is 32.2. The molecule has 0 saturated heterocycles. The van der Waals surface area contributed by atoms with Crippen molar-refractivity contribution in [3.8, 4) is 11.5 Å². The minimum atomic E-state index is -3.54. The molecule has 1 aliphatic rings. The van der Waals surface area contributed by atoms with E-state index in [2.05, 4.69) is 5.32 Å². The second-order valence-corrected chi connectivity index (χ2v) is 8.38. The Hall–Kier alpha value is -2.74. The summed E-state index contributed by atoms with van der Waals surface area (Å²) in [5.74, 6) is 0.367. The second-order valence-electron chi connectivity index (χ2n) is 6.20. The van der Waals surface area contributed by atoms with Crippen molar-refractivity contribution in [1.29, 1.82) is 0 Å². The molecule has 3 rings (SSSR count). The van der Waals surface area contributed by atoms with Gasteiger partial charge in [0.25, 0.3) is 5.91 Å².